The Morgan fingerprint density at radius 2 is 2.00 bits per heavy atom. The van der Waals surface area contributed by atoms with Crippen LogP contribution in [0.4, 0.5) is 8.78 Å². The molecule has 2 rings (SSSR count). The molecule has 3 nitrogen and oxygen atoms in total. The Kier molecular flexibility index (Phi) is 3.43. The summed E-state index contributed by atoms with van der Waals surface area (Å²) in [5.41, 5.74) is 1.92. The number of nitrogens with one attached hydrogen (secondary N) is 1. The minimum Gasteiger partial charge on any atom is -0.309 e. The van der Waals surface area contributed by atoms with Crippen molar-refractivity contribution in [1.29, 1.82) is 0 Å². The number of benzene rings is 1. The van der Waals surface area contributed by atoms with E-state index in [-0.39, 0.29) is 5.56 Å². The Bertz CT molecular complexity index is 563. The van der Waals surface area contributed by atoms with E-state index in [9.17, 15) is 8.78 Å². The van der Waals surface area contributed by atoms with Crippen LogP contribution in [0.2, 0.25) is 0 Å². The van der Waals surface area contributed by atoms with Crippen molar-refractivity contribution in [2.24, 2.45) is 7.05 Å². The van der Waals surface area contributed by atoms with Gasteiger partial charge in [0.05, 0.1) is 11.7 Å². The molecule has 0 spiro atoms. The predicted molar refractivity (Wildman–Crippen MR) is 65.2 cm³/mol. The van der Waals surface area contributed by atoms with E-state index >= 15 is 0 Å². The third kappa shape index (κ3) is 2.13. The van der Waals surface area contributed by atoms with E-state index in [0.29, 0.717) is 0 Å². The SMILES string of the molecule is CNC(c1cn(C)nc1C)c1cccc(F)c1F. The van der Waals surface area contributed by atoms with Gasteiger partial charge in [-0.25, -0.2) is 8.78 Å². The summed E-state index contributed by atoms with van der Waals surface area (Å²) < 4.78 is 28.8. The van der Waals surface area contributed by atoms with E-state index < -0.39 is 17.7 Å². The lowest BCUT2D eigenvalue weighted by Gasteiger charge is -2.17. The summed E-state index contributed by atoms with van der Waals surface area (Å²) in [6.07, 6.45) is 1.81. The quantitative estimate of drug-likeness (QED) is 0.907. The highest BCUT2D eigenvalue weighted by molar-refractivity contribution is 5.34. The monoisotopic (exact) mass is 251 g/mol. The number of hydrogen-bond donors (Lipinski definition) is 1. The molecule has 0 saturated carbocycles. The van der Waals surface area contributed by atoms with Gasteiger partial charge in [0.15, 0.2) is 11.6 Å². The Balaban J connectivity index is 2.52. The topological polar surface area (TPSA) is 29.9 Å². The van der Waals surface area contributed by atoms with Gasteiger partial charge >= 0.3 is 0 Å². The van der Waals surface area contributed by atoms with Crippen molar-refractivity contribution in [3.63, 3.8) is 0 Å². The molecule has 1 heterocycles. The van der Waals surface area contributed by atoms with E-state index in [1.165, 1.54) is 6.07 Å². The number of aromatic nitrogens is 2. The van der Waals surface area contributed by atoms with Gasteiger partial charge in [0.2, 0.25) is 0 Å². The van der Waals surface area contributed by atoms with Crippen molar-refractivity contribution in [2.45, 2.75) is 13.0 Å². The summed E-state index contributed by atoms with van der Waals surface area (Å²) in [6.45, 7) is 1.84. The molecule has 0 radical (unpaired) electrons. The van der Waals surface area contributed by atoms with Crippen LogP contribution in [0.1, 0.15) is 22.9 Å². The van der Waals surface area contributed by atoms with Gasteiger partial charge in [-0.15, -0.1) is 0 Å². The van der Waals surface area contributed by atoms with E-state index in [2.05, 4.69) is 10.4 Å². The van der Waals surface area contributed by atoms with Gasteiger partial charge in [-0.2, -0.15) is 5.10 Å². The van der Waals surface area contributed by atoms with Crippen LogP contribution in [0, 0.1) is 18.6 Å². The van der Waals surface area contributed by atoms with Crippen LogP contribution >= 0.6 is 0 Å². The Hall–Kier alpha value is -1.75. The summed E-state index contributed by atoms with van der Waals surface area (Å²) >= 11 is 0. The zero-order chi connectivity index (χ0) is 13.3. The lowest BCUT2D eigenvalue weighted by Crippen LogP contribution is -2.19. The fraction of sp³-hybridized carbons (Fsp3) is 0.308. The predicted octanol–water partition coefficient (Wildman–Crippen LogP) is 2.32. The average molecular weight is 251 g/mol. The maximum Gasteiger partial charge on any atom is 0.163 e. The first-order valence-electron chi connectivity index (χ1n) is 5.66. The molecule has 0 bridgehead atoms. The normalized spacial score (nSPS) is 12.7. The van der Waals surface area contributed by atoms with Crippen molar-refractivity contribution in [3.8, 4) is 0 Å². The van der Waals surface area contributed by atoms with Gasteiger partial charge in [0.25, 0.3) is 0 Å². The first-order valence-corrected chi connectivity index (χ1v) is 5.66. The zero-order valence-corrected chi connectivity index (χ0v) is 10.5. The van der Waals surface area contributed by atoms with Crippen molar-refractivity contribution < 1.29 is 8.78 Å². The maximum absolute atomic E-state index is 13.8. The summed E-state index contributed by atoms with van der Waals surface area (Å²) in [4.78, 5) is 0. The number of nitrogens with zero attached hydrogens (tertiary/aromatic N) is 2. The molecule has 96 valence electrons. The van der Waals surface area contributed by atoms with Crippen LogP contribution in [0.3, 0.4) is 0 Å². The fourth-order valence-corrected chi connectivity index (χ4v) is 2.12. The van der Waals surface area contributed by atoms with Crippen molar-refractivity contribution >= 4 is 0 Å². The minimum atomic E-state index is -0.839. The highest BCUT2D eigenvalue weighted by Crippen LogP contribution is 2.26. The lowest BCUT2D eigenvalue weighted by molar-refractivity contribution is 0.487. The van der Waals surface area contributed by atoms with Crippen molar-refractivity contribution in [2.75, 3.05) is 7.05 Å². The van der Waals surface area contributed by atoms with E-state index in [1.807, 2.05) is 6.92 Å². The van der Waals surface area contributed by atoms with Crippen LogP contribution in [-0.2, 0) is 7.05 Å². The molecule has 18 heavy (non-hydrogen) atoms. The summed E-state index contributed by atoms with van der Waals surface area (Å²) in [7, 11) is 3.51. The third-order valence-electron chi connectivity index (χ3n) is 2.94. The molecule has 1 aromatic carbocycles. The standard InChI is InChI=1S/C13H15F2N3/c1-8-10(7-18(3)17-8)13(16-2)9-5-4-6-11(14)12(9)15/h4-7,13,16H,1-3H3. The van der Waals surface area contributed by atoms with Gasteiger partial charge in [0.1, 0.15) is 0 Å². The Morgan fingerprint density at radius 1 is 1.28 bits per heavy atom. The van der Waals surface area contributed by atoms with Gasteiger partial charge in [-0.05, 0) is 20.0 Å². The summed E-state index contributed by atoms with van der Waals surface area (Å²) in [5.74, 6) is -1.66. The van der Waals surface area contributed by atoms with Crippen molar-refractivity contribution in [3.05, 3.63) is 52.9 Å². The second-order valence-electron chi connectivity index (χ2n) is 4.21. The Labute approximate surface area is 104 Å². The van der Waals surface area contributed by atoms with Gasteiger partial charge < -0.3 is 5.32 Å². The lowest BCUT2D eigenvalue weighted by atomic mass is 9.99. The minimum absolute atomic E-state index is 0.286. The average Bonchev–Trinajstić information content (AvgIpc) is 2.65. The smallest absolute Gasteiger partial charge is 0.163 e. The molecule has 0 aliphatic carbocycles. The van der Waals surface area contributed by atoms with Gasteiger partial charge in [-0.3, -0.25) is 4.68 Å². The molecule has 0 aliphatic rings. The zero-order valence-electron chi connectivity index (χ0n) is 10.5. The summed E-state index contributed by atoms with van der Waals surface area (Å²) in [5, 5.41) is 7.21. The van der Waals surface area contributed by atoms with Crippen LogP contribution < -0.4 is 5.32 Å². The molecule has 1 atom stereocenters. The second-order valence-corrected chi connectivity index (χ2v) is 4.21. The number of rotatable bonds is 3. The molecule has 0 saturated heterocycles. The summed E-state index contributed by atoms with van der Waals surface area (Å²) in [6, 6.07) is 3.78. The number of aryl methyl sites for hydroxylation is 2. The molecular weight excluding hydrogens is 236 g/mol. The molecular formula is C13H15F2N3. The number of hydrogen-bond acceptors (Lipinski definition) is 2. The molecule has 5 heteroatoms. The molecule has 1 N–H and O–H groups in total. The molecule has 1 aromatic heterocycles. The number of halogens is 2. The van der Waals surface area contributed by atoms with Crippen molar-refractivity contribution in [1.82, 2.24) is 15.1 Å². The molecule has 0 aliphatic heterocycles. The van der Waals surface area contributed by atoms with E-state index in [0.717, 1.165) is 17.3 Å². The first-order chi connectivity index (χ1) is 8.54. The van der Waals surface area contributed by atoms with Crippen LogP contribution in [0.15, 0.2) is 24.4 Å². The third-order valence-corrected chi connectivity index (χ3v) is 2.94. The molecule has 0 fully saturated rings. The highest BCUT2D eigenvalue weighted by atomic mass is 19.2. The highest BCUT2D eigenvalue weighted by Gasteiger charge is 2.21. The molecule has 0 amide bonds. The fourth-order valence-electron chi connectivity index (χ4n) is 2.12. The van der Waals surface area contributed by atoms with Gasteiger partial charge in [0, 0.05) is 24.4 Å². The second kappa shape index (κ2) is 4.86. The van der Waals surface area contributed by atoms with Crippen LogP contribution in [-0.4, -0.2) is 16.8 Å². The van der Waals surface area contributed by atoms with E-state index in [1.54, 1.807) is 31.0 Å². The molecule has 1 unspecified atom stereocenters. The largest absolute Gasteiger partial charge is 0.309 e. The maximum atomic E-state index is 13.8. The van der Waals surface area contributed by atoms with Crippen LogP contribution in [0.25, 0.3) is 0 Å². The Morgan fingerprint density at radius 3 is 2.56 bits per heavy atom. The van der Waals surface area contributed by atoms with Crippen LogP contribution in [0.5, 0.6) is 0 Å². The van der Waals surface area contributed by atoms with E-state index in [4.69, 9.17) is 0 Å². The first kappa shape index (κ1) is 12.7. The van der Waals surface area contributed by atoms with Gasteiger partial charge in [-0.1, -0.05) is 12.1 Å². The molecule has 2 aromatic rings.